The fraction of sp³-hybridized carbons (Fsp3) is 0.308. The van der Waals surface area contributed by atoms with E-state index < -0.39 is 23.5 Å². The maximum Gasteiger partial charge on any atom is 0.194 e. The summed E-state index contributed by atoms with van der Waals surface area (Å²) in [5.41, 5.74) is 2.85. The number of hydrogen-bond donors (Lipinski definition) is 2. The average Bonchev–Trinajstić information content (AvgIpc) is 2.82. The van der Waals surface area contributed by atoms with Crippen molar-refractivity contribution in [2.24, 2.45) is 5.84 Å². The number of nitrogens with zero attached hydrogens (tertiary/aromatic N) is 2. The van der Waals surface area contributed by atoms with Gasteiger partial charge in [-0.25, -0.2) is 18.6 Å². The molecule has 2 aromatic rings. The molecule has 1 aromatic carbocycles. The molecule has 0 aliphatic rings. The minimum atomic E-state index is -1.53. The first-order valence-corrected chi connectivity index (χ1v) is 7.00. The number of halogens is 4. The van der Waals surface area contributed by atoms with Crippen LogP contribution < -0.4 is 11.3 Å². The van der Waals surface area contributed by atoms with Crippen molar-refractivity contribution in [3.63, 3.8) is 0 Å². The van der Waals surface area contributed by atoms with Crippen LogP contribution in [0.1, 0.15) is 37.2 Å². The average molecular weight is 363 g/mol. The molecule has 0 amide bonds. The smallest absolute Gasteiger partial charge is 0.194 e. The Hall–Kier alpha value is -1.38. The highest BCUT2D eigenvalue weighted by atomic mass is 79.9. The molecule has 0 saturated carbocycles. The Morgan fingerprint density at radius 3 is 2.48 bits per heavy atom. The van der Waals surface area contributed by atoms with Gasteiger partial charge >= 0.3 is 0 Å². The molecule has 1 unspecified atom stereocenters. The Balaban J connectivity index is 2.61. The van der Waals surface area contributed by atoms with Gasteiger partial charge in [0.15, 0.2) is 17.5 Å². The Labute approximate surface area is 128 Å². The maximum absolute atomic E-state index is 14.0. The third-order valence-electron chi connectivity index (χ3n) is 3.09. The van der Waals surface area contributed by atoms with E-state index in [9.17, 15) is 13.2 Å². The summed E-state index contributed by atoms with van der Waals surface area (Å²) in [7, 11) is 0. The molecular formula is C13H14BrF3N4. The largest absolute Gasteiger partial charge is 0.271 e. The van der Waals surface area contributed by atoms with Crippen LogP contribution in [-0.2, 0) is 0 Å². The monoisotopic (exact) mass is 362 g/mol. The summed E-state index contributed by atoms with van der Waals surface area (Å²) in [6, 6.07) is 1.12. The van der Waals surface area contributed by atoms with Crippen molar-refractivity contribution >= 4 is 15.9 Å². The normalized spacial score (nSPS) is 13.0. The SMILES string of the molecule is CC(C)n1ncc(Br)c1C(NN)c1ccc(F)c(F)c1F. The van der Waals surface area contributed by atoms with Crippen molar-refractivity contribution in [1.29, 1.82) is 0 Å². The van der Waals surface area contributed by atoms with Crippen LogP contribution in [0.25, 0.3) is 0 Å². The predicted octanol–water partition coefficient (Wildman–Crippen LogP) is 3.20. The lowest BCUT2D eigenvalue weighted by atomic mass is 10.0. The summed E-state index contributed by atoms with van der Waals surface area (Å²) in [5, 5.41) is 4.16. The lowest BCUT2D eigenvalue weighted by Crippen LogP contribution is -2.32. The molecule has 2 rings (SSSR count). The second kappa shape index (κ2) is 6.17. The quantitative estimate of drug-likeness (QED) is 0.498. The minimum absolute atomic E-state index is 0.0180. The van der Waals surface area contributed by atoms with Crippen LogP contribution in [0.15, 0.2) is 22.8 Å². The molecule has 114 valence electrons. The second-order valence-corrected chi connectivity index (χ2v) is 5.63. The zero-order chi connectivity index (χ0) is 15.7. The van der Waals surface area contributed by atoms with E-state index in [1.54, 1.807) is 4.68 Å². The molecule has 0 bridgehead atoms. The second-order valence-electron chi connectivity index (χ2n) is 4.78. The number of benzene rings is 1. The summed E-state index contributed by atoms with van der Waals surface area (Å²) in [5.74, 6) is 1.44. The van der Waals surface area contributed by atoms with Gasteiger partial charge in [-0.15, -0.1) is 0 Å². The molecule has 3 N–H and O–H groups in total. The Bertz CT molecular complexity index is 657. The van der Waals surface area contributed by atoms with Crippen molar-refractivity contribution in [3.05, 3.63) is 51.5 Å². The molecule has 0 aliphatic heterocycles. The highest BCUT2D eigenvalue weighted by Crippen LogP contribution is 2.32. The summed E-state index contributed by atoms with van der Waals surface area (Å²) >= 11 is 3.31. The third-order valence-corrected chi connectivity index (χ3v) is 3.70. The van der Waals surface area contributed by atoms with E-state index >= 15 is 0 Å². The summed E-state index contributed by atoms with van der Waals surface area (Å²) in [6.45, 7) is 3.77. The topological polar surface area (TPSA) is 55.9 Å². The molecule has 4 nitrogen and oxygen atoms in total. The molecule has 1 heterocycles. The Kier molecular flexibility index (Phi) is 4.70. The number of hydrazine groups is 1. The van der Waals surface area contributed by atoms with Crippen LogP contribution in [0.2, 0.25) is 0 Å². The molecule has 0 spiro atoms. The highest BCUT2D eigenvalue weighted by Gasteiger charge is 2.27. The van der Waals surface area contributed by atoms with Gasteiger partial charge in [-0.05, 0) is 35.8 Å². The zero-order valence-electron chi connectivity index (χ0n) is 11.4. The fourth-order valence-corrected chi connectivity index (χ4v) is 2.61. The van der Waals surface area contributed by atoms with E-state index in [0.29, 0.717) is 10.2 Å². The van der Waals surface area contributed by atoms with Crippen LogP contribution in [0.3, 0.4) is 0 Å². The summed E-state index contributed by atoms with van der Waals surface area (Å²) in [6.07, 6.45) is 1.54. The molecule has 0 radical (unpaired) electrons. The number of aromatic nitrogens is 2. The van der Waals surface area contributed by atoms with Crippen molar-refractivity contribution in [3.8, 4) is 0 Å². The molecule has 1 atom stereocenters. The number of rotatable bonds is 4. The van der Waals surface area contributed by atoms with Crippen LogP contribution in [0.5, 0.6) is 0 Å². The van der Waals surface area contributed by atoms with Gasteiger partial charge in [0.05, 0.1) is 22.4 Å². The highest BCUT2D eigenvalue weighted by molar-refractivity contribution is 9.10. The molecule has 0 aliphatic carbocycles. The molecule has 1 aromatic heterocycles. The van der Waals surface area contributed by atoms with Gasteiger partial charge in [0, 0.05) is 11.6 Å². The van der Waals surface area contributed by atoms with Gasteiger partial charge < -0.3 is 0 Å². The van der Waals surface area contributed by atoms with Crippen molar-refractivity contribution in [2.75, 3.05) is 0 Å². The van der Waals surface area contributed by atoms with Crippen LogP contribution >= 0.6 is 15.9 Å². The van der Waals surface area contributed by atoms with Crippen LogP contribution in [0, 0.1) is 17.5 Å². The van der Waals surface area contributed by atoms with Gasteiger partial charge in [0.1, 0.15) is 0 Å². The standard InChI is InChI=1S/C13H14BrF3N4/c1-6(2)21-13(8(14)5-19-21)12(20-18)7-3-4-9(15)11(17)10(7)16/h3-6,12,20H,18H2,1-2H3. The molecule has 0 saturated heterocycles. The molecule has 8 heteroatoms. The first kappa shape index (κ1) is 16.0. The molecular weight excluding hydrogens is 349 g/mol. The first-order chi connectivity index (χ1) is 9.88. The predicted molar refractivity (Wildman–Crippen MR) is 75.8 cm³/mol. The lowest BCUT2D eigenvalue weighted by Gasteiger charge is -2.21. The van der Waals surface area contributed by atoms with E-state index in [4.69, 9.17) is 5.84 Å². The van der Waals surface area contributed by atoms with Crippen molar-refractivity contribution in [2.45, 2.75) is 25.9 Å². The number of nitrogens with one attached hydrogen (secondary N) is 1. The van der Waals surface area contributed by atoms with Crippen molar-refractivity contribution < 1.29 is 13.2 Å². The summed E-state index contributed by atoms with van der Waals surface area (Å²) in [4.78, 5) is 0. The van der Waals surface area contributed by atoms with E-state index in [2.05, 4.69) is 26.5 Å². The third kappa shape index (κ3) is 2.83. The van der Waals surface area contributed by atoms with Crippen LogP contribution in [0.4, 0.5) is 13.2 Å². The minimum Gasteiger partial charge on any atom is -0.271 e. The maximum atomic E-state index is 14.0. The van der Waals surface area contributed by atoms with Crippen LogP contribution in [-0.4, -0.2) is 9.78 Å². The fourth-order valence-electron chi connectivity index (χ4n) is 2.11. The van der Waals surface area contributed by atoms with E-state index in [1.807, 2.05) is 13.8 Å². The number of hydrogen-bond acceptors (Lipinski definition) is 3. The number of nitrogens with two attached hydrogens (primary N) is 1. The Morgan fingerprint density at radius 2 is 1.90 bits per heavy atom. The summed E-state index contributed by atoms with van der Waals surface area (Å²) < 4.78 is 42.7. The van der Waals surface area contributed by atoms with Crippen molar-refractivity contribution in [1.82, 2.24) is 15.2 Å². The first-order valence-electron chi connectivity index (χ1n) is 6.20. The Morgan fingerprint density at radius 1 is 1.24 bits per heavy atom. The molecule has 0 fully saturated rings. The van der Waals surface area contributed by atoms with Gasteiger partial charge in [0.2, 0.25) is 0 Å². The van der Waals surface area contributed by atoms with Gasteiger partial charge in [-0.1, -0.05) is 6.07 Å². The van der Waals surface area contributed by atoms with E-state index in [0.717, 1.165) is 12.1 Å². The molecule has 21 heavy (non-hydrogen) atoms. The van der Waals surface area contributed by atoms with Gasteiger partial charge in [0.25, 0.3) is 0 Å². The van der Waals surface area contributed by atoms with E-state index in [1.165, 1.54) is 6.20 Å². The lowest BCUT2D eigenvalue weighted by molar-refractivity contribution is 0.423. The van der Waals surface area contributed by atoms with E-state index in [-0.39, 0.29) is 11.6 Å². The van der Waals surface area contributed by atoms with Gasteiger partial charge in [-0.3, -0.25) is 10.5 Å². The zero-order valence-corrected chi connectivity index (χ0v) is 13.0. The van der Waals surface area contributed by atoms with Gasteiger partial charge in [-0.2, -0.15) is 5.10 Å².